The first-order valence-electron chi connectivity index (χ1n) is 7.13. The summed E-state index contributed by atoms with van der Waals surface area (Å²) in [7, 11) is 0. The number of carboxylic acids is 1. The molecule has 1 aromatic rings. The highest BCUT2D eigenvalue weighted by Gasteiger charge is 2.32. The molecule has 0 saturated carbocycles. The number of amides is 1. The van der Waals surface area contributed by atoms with E-state index in [4.69, 9.17) is 5.11 Å². The second-order valence-electron chi connectivity index (χ2n) is 5.53. The molecule has 1 amide bonds. The fourth-order valence-electron chi connectivity index (χ4n) is 2.70. The van der Waals surface area contributed by atoms with Gasteiger partial charge in [-0.2, -0.15) is 0 Å². The van der Waals surface area contributed by atoms with Crippen molar-refractivity contribution in [1.82, 2.24) is 15.2 Å². The molecule has 7 heteroatoms. The van der Waals surface area contributed by atoms with Crippen LogP contribution in [0, 0.1) is 6.92 Å². The summed E-state index contributed by atoms with van der Waals surface area (Å²) in [4.78, 5) is 29.9. The van der Waals surface area contributed by atoms with E-state index in [1.807, 2.05) is 0 Å². The summed E-state index contributed by atoms with van der Waals surface area (Å²) in [5.74, 6) is -0.963. The molecule has 116 valence electrons. The van der Waals surface area contributed by atoms with Crippen LogP contribution in [0.4, 0.5) is 0 Å². The largest absolute Gasteiger partial charge is 0.477 e. The SMILES string of the molecule is Cc1nc(CNC(=O)C2CCCN2C(C)C)sc1C(=O)O. The molecule has 1 fully saturated rings. The van der Waals surface area contributed by atoms with Crippen molar-refractivity contribution in [1.29, 1.82) is 0 Å². The second-order valence-corrected chi connectivity index (χ2v) is 6.62. The summed E-state index contributed by atoms with van der Waals surface area (Å²) in [6.07, 6.45) is 1.91. The molecule has 2 N–H and O–H groups in total. The van der Waals surface area contributed by atoms with Crippen LogP contribution in [0.2, 0.25) is 0 Å². The van der Waals surface area contributed by atoms with E-state index >= 15 is 0 Å². The van der Waals surface area contributed by atoms with Crippen LogP contribution >= 0.6 is 11.3 Å². The topological polar surface area (TPSA) is 82.5 Å². The molecule has 1 aromatic heterocycles. The molecular weight excluding hydrogens is 290 g/mol. The fraction of sp³-hybridized carbons (Fsp3) is 0.643. The van der Waals surface area contributed by atoms with Crippen LogP contribution in [0.5, 0.6) is 0 Å². The summed E-state index contributed by atoms with van der Waals surface area (Å²) in [6, 6.07) is 0.272. The first-order chi connectivity index (χ1) is 9.90. The molecule has 1 unspecified atom stereocenters. The number of carbonyl (C=O) groups is 2. The smallest absolute Gasteiger partial charge is 0.347 e. The maximum absolute atomic E-state index is 12.3. The Balaban J connectivity index is 1.95. The molecule has 2 rings (SSSR count). The standard InChI is InChI=1S/C14H21N3O3S/c1-8(2)17-6-4-5-10(17)13(18)15-7-11-16-9(3)12(21-11)14(19)20/h8,10H,4-7H2,1-3H3,(H,15,18)(H,19,20). The highest BCUT2D eigenvalue weighted by molar-refractivity contribution is 7.13. The number of thiazole rings is 1. The van der Waals surface area contributed by atoms with Crippen LogP contribution < -0.4 is 5.32 Å². The Hall–Kier alpha value is -1.47. The number of carboxylic acid groups (broad SMARTS) is 1. The summed E-state index contributed by atoms with van der Waals surface area (Å²) >= 11 is 1.12. The average molecular weight is 311 g/mol. The number of aryl methyl sites for hydroxylation is 1. The Morgan fingerprint density at radius 3 is 2.81 bits per heavy atom. The van der Waals surface area contributed by atoms with Gasteiger partial charge in [0.25, 0.3) is 0 Å². The van der Waals surface area contributed by atoms with Gasteiger partial charge in [0, 0.05) is 6.04 Å². The van der Waals surface area contributed by atoms with Crippen molar-refractivity contribution in [2.45, 2.75) is 52.2 Å². The number of aromatic nitrogens is 1. The monoisotopic (exact) mass is 311 g/mol. The van der Waals surface area contributed by atoms with Gasteiger partial charge in [-0.1, -0.05) is 0 Å². The highest BCUT2D eigenvalue weighted by Crippen LogP contribution is 2.21. The van der Waals surface area contributed by atoms with Gasteiger partial charge in [0.15, 0.2) is 0 Å². The molecule has 0 aliphatic carbocycles. The van der Waals surface area contributed by atoms with E-state index in [2.05, 4.69) is 29.0 Å². The van der Waals surface area contributed by atoms with Crippen molar-refractivity contribution in [2.75, 3.05) is 6.54 Å². The normalized spacial score (nSPS) is 19.1. The van der Waals surface area contributed by atoms with Crippen LogP contribution in [0.25, 0.3) is 0 Å². The molecule has 0 spiro atoms. The first-order valence-corrected chi connectivity index (χ1v) is 7.95. The van der Waals surface area contributed by atoms with Gasteiger partial charge in [-0.05, 0) is 40.2 Å². The molecule has 1 aliphatic heterocycles. The van der Waals surface area contributed by atoms with Gasteiger partial charge in [-0.3, -0.25) is 9.69 Å². The summed E-state index contributed by atoms with van der Waals surface area (Å²) < 4.78 is 0. The average Bonchev–Trinajstić information content (AvgIpc) is 3.02. The minimum atomic E-state index is -0.968. The number of hydrogen-bond donors (Lipinski definition) is 2. The lowest BCUT2D eigenvalue weighted by Gasteiger charge is -2.27. The molecule has 0 bridgehead atoms. The first kappa shape index (κ1) is 15.9. The number of nitrogens with one attached hydrogen (secondary N) is 1. The third kappa shape index (κ3) is 3.59. The van der Waals surface area contributed by atoms with Crippen LogP contribution in [0.3, 0.4) is 0 Å². The molecule has 21 heavy (non-hydrogen) atoms. The van der Waals surface area contributed by atoms with Gasteiger partial charge in [0.1, 0.15) is 9.88 Å². The molecule has 1 aliphatic rings. The Labute approximate surface area is 128 Å². The van der Waals surface area contributed by atoms with E-state index in [-0.39, 0.29) is 16.8 Å². The molecule has 6 nitrogen and oxygen atoms in total. The van der Waals surface area contributed by atoms with E-state index in [0.717, 1.165) is 30.7 Å². The van der Waals surface area contributed by atoms with Crippen LogP contribution in [0.15, 0.2) is 0 Å². The minimum Gasteiger partial charge on any atom is -0.477 e. The Morgan fingerprint density at radius 1 is 1.52 bits per heavy atom. The highest BCUT2D eigenvalue weighted by atomic mass is 32.1. The van der Waals surface area contributed by atoms with E-state index in [9.17, 15) is 9.59 Å². The number of aromatic carboxylic acids is 1. The van der Waals surface area contributed by atoms with Gasteiger partial charge in [-0.15, -0.1) is 11.3 Å². The van der Waals surface area contributed by atoms with E-state index < -0.39 is 5.97 Å². The zero-order chi connectivity index (χ0) is 15.6. The van der Waals surface area contributed by atoms with Crippen LogP contribution in [0.1, 0.15) is 47.1 Å². The van der Waals surface area contributed by atoms with Gasteiger partial charge < -0.3 is 10.4 Å². The second kappa shape index (κ2) is 6.53. The number of rotatable bonds is 5. The molecular formula is C14H21N3O3S. The van der Waals surface area contributed by atoms with Crippen LogP contribution in [-0.2, 0) is 11.3 Å². The number of nitrogens with zero attached hydrogens (tertiary/aromatic N) is 2. The van der Waals surface area contributed by atoms with Crippen molar-refractivity contribution in [3.63, 3.8) is 0 Å². The van der Waals surface area contributed by atoms with Gasteiger partial charge in [0.2, 0.25) is 5.91 Å². The third-order valence-corrected chi connectivity index (χ3v) is 4.85. The molecule has 0 radical (unpaired) electrons. The van der Waals surface area contributed by atoms with E-state index in [0.29, 0.717) is 23.3 Å². The zero-order valence-electron chi connectivity index (χ0n) is 12.5. The lowest BCUT2D eigenvalue weighted by molar-refractivity contribution is -0.126. The van der Waals surface area contributed by atoms with Gasteiger partial charge >= 0.3 is 5.97 Å². The molecule has 2 heterocycles. The lowest BCUT2D eigenvalue weighted by atomic mass is 10.2. The van der Waals surface area contributed by atoms with Crippen molar-refractivity contribution in [3.05, 3.63) is 15.6 Å². The van der Waals surface area contributed by atoms with Crippen molar-refractivity contribution >= 4 is 23.2 Å². The number of likely N-dealkylation sites (tertiary alicyclic amines) is 1. The maximum atomic E-state index is 12.3. The predicted octanol–water partition coefficient (Wildman–Crippen LogP) is 1.64. The maximum Gasteiger partial charge on any atom is 0.347 e. The predicted molar refractivity (Wildman–Crippen MR) is 80.5 cm³/mol. The number of hydrogen-bond acceptors (Lipinski definition) is 5. The Kier molecular flexibility index (Phi) is 4.95. The zero-order valence-corrected chi connectivity index (χ0v) is 13.4. The molecule has 1 atom stereocenters. The fourth-order valence-corrected chi connectivity index (χ4v) is 3.54. The van der Waals surface area contributed by atoms with Gasteiger partial charge in [-0.25, -0.2) is 9.78 Å². The molecule has 1 saturated heterocycles. The Bertz CT molecular complexity index is 542. The molecule has 0 aromatic carbocycles. The van der Waals surface area contributed by atoms with Crippen LogP contribution in [-0.4, -0.2) is 45.5 Å². The summed E-state index contributed by atoms with van der Waals surface area (Å²) in [6.45, 7) is 7.10. The third-order valence-electron chi connectivity index (χ3n) is 3.71. The van der Waals surface area contributed by atoms with Crippen molar-refractivity contribution in [3.8, 4) is 0 Å². The summed E-state index contributed by atoms with van der Waals surface area (Å²) in [5.41, 5.74) is 0.501. The van der Waals surface area contributed by atoms with Crippen molar-refractivity contribution in [2.24, 2.45) is 0 Å². The Morgan fingerprint density at radius 2 is 2.24 bits per heavy atom. The summed E-state index contributed by atoms with van der Waals surface area (Å²) in [5, 5.41) is 12.5. The van der Waals surface area contributed by atoms with E-state index in [1.54, 1.807) is 6.92 Å². The lowest BCUT2D eigenvalue weighted by Crippen LogP contribution is -2.45. The minimum absolute atomic E-state index is 0.00549. The van der Waals surface area contributed by atoms with Gasteiger partial charge in [0.05, 0.1) is 18.3 Å². The van der Waals surface area contributed by atoms with Crippen molar-refractivity contribution < 1.29 is 14.7 Å². The number of carbonyl (C=O) groups excluding carboxylic acids is 1. The van der Waals surface area contributed by atoms with E-state index in [1.165, 1.54) is 0 Å². The quantitative estimate of drug-likeness (QED) is 0.864.